The highest BCUT2D eigenvalue weighted by molar-refractivity contribution is 6.31. The zero-order valence-corrected chi connectivity index (χ0v) is 5.83. The monoisotopic (exact) mass is 132 g/mol. The summed E-state index contributed by atoms with van der Waals surface area (Å²) in [5, 5.41) is 0.653. The second kappa shape index (κ2) is 3.67. The van der Waals surface area contributed by atoms with Gasteiger partial charge in [0.15, 0.2) is 0 Å². The molecule has 0 amide bonds. The molecule has 0 aliphatic rings. The van der Waals surface area contributed by atoms with Gasteiger partial charge in [-0.25, -0.2) is 0 Å². The lowest BCUT2D eigenvalue weighted by Gasteiger charge is -1.90. The molecule has 0 unspecified atom stereocenters. The molecular formula is C6H9ClO. The minimum atomic E-state index is 0.633. The predicted molar refractivity (Wildman–Crippen MR) is 34.9 cm³/mol. The van der Waals surface area contributed by atoms with Gasteiger partial charge in [0.1, 0.15) is 6.29 Å². The molecule has 2 heteroatoms. The summed E-state index contributed by atoms with van der Waals surface area (Å²) in [5.41, 5.74) is 0.633. The number of rotatable bonds is 2. The van der Waals surface area contributed by atoms with Crippen LogP contribution in [-0.4, -0.2) is 6.29 Å². The Bertz CT molecular complexity index is 116. The molecular weight excluding hydrogens is 124 g/mol. The predicted octanol–water partition coefficient (Wildman–Crippen LogP) is 2.11. The zero-order chi connectivity index (χ0) is 6.57. The van der Waals surface area contributed by atoms with Gasteiger partial charge in [0, 0.05) is 10.6 Å². The van der Waals surface area contributed by atoms with Crippen molar-refractivity contribution in [2.45, 2.75) is 20.3 Å². The molecule has 0 bridgehead atoms. The summed E-state index contributed by atoms with van der Waals surface area (Å²) in [5.74, 6) is 0. The van der Waals surface area contributed by atoms with Crippen LogP contribution in [-0.2, 0) is 4.79 Å². The maximum absolute atomic E-state index is 9.96. The molecule has 46 valence electrons. The fourth-order valence-corrected chi connectivity index (χ4v) is 0.387. The molecule has 0 aliphatic heterocycles. The van der Waals surface area contributed by atoms with Crippen LogP contribution in [0.25, 0.3) is 0 Å². The Balaban J connectivity index is 4.03. The first-order chi connectivity index (χ1) is 3.72. The van der Waals surface area contributed by atoms with Crippen LogP contribution in [0.4, 0.5) is 0 Å². The standard InChI is InChI=1S/C6H9ClO/c1-3-6(7)5(2)4-8/h4H,3H2,1-2H3/b6-5+. The molecule has 0 aliphatic carbocycles. The van der Waals surface area contributed by atoms with Gasteiger partial charge in [-0.2, -0.15) is 0 Å². The molecule has 0 atom stereocenters. The van der Waals surface area contributed by atoms with Crippen molar-refractivity contribution < 1.29 is 4.79 Å². The van der Waals surface area contributed by atoms with E-state index in [0.717, 1.165) is 12.7 Å². The topological polar surface area (TPSA) is 17.1 Å². The molecule has 0 rings (SSSR count). The molecule has 0 saturated heterocycles. The lowest BCUT2D eigenvalue weighted by atomic mass is 10.3. The number of aldehydes is 1. The van der Waals surface area contributed by atoms with E-state index in [1.54, 1.807) is 6.92 Å². The Morgan fingerprint density at radius 2 is 2.25 bits per heavy atom. The van der Waals surface area contributed by atoms with Crippen molar-refractivity contribution in [1.82, 2.24) is 0 Å². The first-order valence-corrected chi connectivity index (χ1v) is 2.90. The smallest absolute Gasteiger partial charge is 0.146 e. The molecule has 0 N–H and O–H groups in total. The average molecular weight is 133 g/mol. The lowest BCUT2D eigenvalue weighted by molar-refractivity contribution is -0.104. The highest BCUT2D eigenvalue weighted by atomic mass is 35.5. The summed E-state index contributed by atoms with van der Waals surface area (Å²) in [6, 6.07) is 0. The normalized spacial score (nSPS) is 12.9. The SMILES string of the molecule is CC/C(Cl)=C(/C)C=O. The van der Waals surface area contributed by atoms with Crippen molar-refractivity contribution in [3.63, 3.8) is 0 Å². The fourth-order valence-electron chi connectivity index (χ4n) is 0.343. The lowest BCUT2D eigenvalue weighted by Crippen LogP contribution is -1.79. The molecule has 8 heavy (non-hydrogen) atoms. The largest absolute Gasteiger partial charge is 0.298 e. The molecule has 0 aromatic heterocycles. The molecule has 0 saturated carbocycles. The van der Waals surface area contributed by atoms with Gasteiger partial charge in [0.05, 0.1) is 0 Å². The third kappa shape index (κ3) is 2.12. The van der Waals surface area contributed by atoms with Gasteiger partial charge in [0.2, 0.25) is 0 Å². The highest BCUT2D eigenvalue weighted by Gasteiger charge is 1.91. The molecule has 1 nitrogen and oxygen atoms in total. The van der Waals surface area contributed by atoms with E-state index in [-0.39, 0.29) is 0 Å². The van der Waals surface area contributed by atoms with Crippen molar-refractivity contribution in [3.05, 3.63) is 10.6 Å². The summed E-state index contributed by atoms with van der Waals surface area (Å²) in [6.07, 6.45) is 1.51. The van der Waals surface area contributed by atoms with Gasteiger partial charge in [0.25, 0.3) is 0 Å². The van der Waals surface area contributed by atoms with Crippen LogP contribution in [0.2, 0.25) is 0 Å². The summed E-state index contributed by atoms with van der Waals surface area (Å²) in [7, 11) is 0. The van der Waals surface area contributed by atoms with Gasteiger partial charge in [-0.3, -0.25) is 4.79 Å². The van der Waals surface area contributed by atoms with Crippen LogP contribution < -0.4 is 0 Å². The summed E-state index contributed by atoms with van der Waals surface area (Å²) < 4.78 is 0. The third-order valence-electron chi connectivity index (χ3n) is 0.915. The highest BCUT2D eigenvalue weighted by Crippen LogP contribution is 2.09. The minimum absolute atomic E-state index is 0.633. The Morgan fingerprint density at radius 1 is 1.75 bits per heavy atom. The van der Waals surface area contributed by atoms with E-state index in [1.807, 2.05) is 6.92 Å². The first kappa shape index (κ1) is 7.70. The molecule has 0 aromatic rings. The van der Waals surface area contributed by atoms with Gasteiger partial charge >= 0.3 is 0 Å². The fraction of sp³-hybridized carbons (Fsp3) is 0.500. The summed E-state index contributed by atoms with van der Waals surface area (Å²) in [6.45, 7) is 3.62. The van der Waals surface area contributed by atoms with Crippen molar-refractivity contribution in [2.75, 3.05) is 0 Å². The maximum Gasteiger partial charge on any atom is 0.146 e. The number of hydrogen-bond acceptors (Lipinski definition) is 1. The third-order valence-corrected chi connectivity index (χ3v) is 1.48. The number of carbonyl (C=O) groups is 1. The molecule has 0 spiro atoms. The van der Waals surface area contributed by atoms with Gasteiger partial charge in [-0.15, -0.1) is 0 Å². The molecule has 0 fully saturated rings. The van der Waals surface area contributed by atoms with Crippen molar-refractivity contribution in [1.29, 1.82) is 0 Å². The second-order valence-electron chi connectivity index (χ2n) is 1.56. The Labute approximate surface area is 54.3 Å². The van der Waals surface area contributed by atoms with E-state index in [0.29, 0.717) is 10.6 Å². The molecule has 0 heterocycles. The van der Waals surface area contributed by atoms with Crippen LogP contribution in [0.5, 0.6) is 0 Å². The van der Waals surface area contributed by atoms with E-state index in [9.17, 15) is 4.79 Å². The van der Waals surface area contributed by atoms with E-state index >= 15 is 0 Å². The minimum Gasteiger partial charge on any atom is -0.298 e. The Morgan fingerprint density at radius 3 is 2.38 bits per heavy atom. The van der Waals surface area contributed by atoms with Gasteiger partial charge < -0.3 is 0 Å². The summed E-state index contributed by atoms with van der Waals surface area (Å²) >= 11 is 5.56. The van der Waals surface area contributed by atoms with Crippen molar-refractivity contribution in [3.8, 4) is 0 Å². The van der Waals surface area contributed by atoms with E-state index in [4.69, 9.17) is 11.6 Å². The number of hydrogen-bond donors (Lipinski definition) is 0. The van der Waals surface area contributed by atoms with E-state index < -0.39 is 0 Å². The van der Waals surface area contributed by atoms with Gasteiger partial charge in [-0.1, -0.05) is 18.5 Å². The Hall–Kier alpha value is -0.300. The number of allylic oxidation sites excluding steroid dienone is 2. The number of halogens is 1. The zero-order valence-electron chi connectivity index (χ0n) is 5.07. The first-order valence-electron chi connectivity index (χ1n) is 2.52. The quantitative estimate of drug-likeness (QED) is 0.416. The molecule has 0 aromatic carbocycles. The van der Waals surface area contributed by atoms with E-state index in [2.05, 4.69) is 0 Å². The van der Waals surface area contributed by atoms with Crippen LogP contribution in [0.15, 0.2) is 10.6 Å². The van der Waals surface area contributed by atoms with Crippen molar-refractivity contribution in [2.24, 2.45) is 0 Å². The summed E-state index contributed by atoms with van der Waals surface area (Å²) in [4.78, 5) is 9.96. The van der Waals surface area contributed by atoms with E-state index in [1.165, 1.54) is 0 Å². The van der Waals surface area contributed by atoms with Crippen LogP contribution in [0, 0.1) is 0 Å². The van der Waals surface area contributed by atoms with Crippen LogP contribution >= 0.6 is 11.6 Å². The molecule has 0 radical (unpaired) electrons. The van der Waals surface area contributed by atoms with Crippen LogP contribution in [0.1, 0.15) is 20.3 Å². The van der Waals surface area contributed by atoms with Gasteiger partial charge in [-0.05, 0) is 13.3 Å². The maximum atomic E-state index is 9.96. The second-order valence-corrected chi connectivity index (χ2v) is 2.02. The average Bonchev–Trinajstić information content (AvgIpc) is 1.84. The number of carbonyl (C=O) groups excluding carboxylic acids is 1. The van der Waals surface area contributed by atoms with Crippen LogP contribution in [0.3, 0.4) is 0 Å². The Kier molecular flexibility index (Phi) is 3.53. The van der Waals surface area contributed by atoms with Crippen molar-refractivity contribution >= 4 is 17.9 Å².